The maximum atomic E-state index is 11.8. The molecule has 5 nitrogen and oxygen atoms in total. The first-order chi connectivity index (χ1) is 8.58. The van der Waals surface area contributed by atoms with Gasteiger partial charge in [0.1, 0.15) is 12.8 Å². The first-order valence-electron chi connectivity index (χ1n) is 5.30. The molecule has 0 aromatic carbocycles. The first-order valence-corrected chi connectivity index (χ1v) is 6.56. The third kappa shape index (κ3) is 6.70. The van der Waals surface area contributed by atoms with Gasteiger partial charge in [-0.15, -0.1) is 0 Å². The molecule has 0 N–H and O–H groups in total. The van der Waals surface area contributed by atoms with Crippen molar-refractivity contribution in [3.63, 3.8) is 0 Å². The van der Waals surface area contributed by atoms with Gasteiger partial charge in [0.25, 0.3) is 0 Å². The number of esters is 1. The largest absolute Gasteiger partial charge is 0.466 e. The van der Waals surface area contributed by atoms with Crippen molar-refractivity contribution >= 4 is 42.7 Å². The number of ether oxygens (including phenoxy) is 1. The summed E-state index contributed by atoms with van der Waals surface area (Å²) in [6.45, 7) is 1.94. The van der Waals surface area contributed by atoms with Crippen molar-refractivity contribution in [1.82, 2.24) is 0 Å². The van der Waals surface area contributed by atoms with Gasteiger partial charge >= 0.3 is 5.97 Å². The summed E-state index contributed by atoms with van der Waals surface area (Å²) in [5.74, 6) is -0.0968. The van der Waals surface area contributed by atoms with Crippen LogP contribution in [0, 0.1) is 0 Å². The molecule has 0 spiro atoms. The van der Waals surface area contributed by atoms with Crippen LogP contribution in [0.3, 0.4) is 0 Å². The summed E-state index contributed by atoms with van der Waals surface area (Å²) in [6.07, 6.45) is 1.14. The fourth-order valence-corrected chi connectivity index (χ4v) is 1.62. The SMILES string of the molecule is CCOC(=O)CC(=NOC)C(=O)C=C(CS)CS. The Balaban J connectivity index is 4.81. The average Bonchev–Trinajstić information content (AvgIpc) is 2.35. The molecule has 0 unspecified atom stereocenters. The summed E-state index contributed by atoms with van der Waals surface area (Å²) in [4.78, 5) is 27.7. The summed E-state index contributed by atoms with van der Waals surface area (Å²) in [5.41, 5.74) is 0.733. The van der Waals surface area contributed by atoms with E-state index in [1.807, 2.05) is 0 Å². The Morgan fingerprint density at radius 1 is 1.28 bits per heavy atom. The number of hydrogen-bond donors (Lipinski definition) is 2. The summed E-state index contributed by atoms with van der Waals surface area (Å²) in [7, 11) is 1.31. The van der Waals surface area contributed by atoms with Gasteiger partial charge in [0.05, 0.1) is 13.0 Å². The highest BCUT2D eigenvalue weighted by Gasteiger charge is 2.16. The predicted molar refractivity (Wildman–Crippen MR) is 76.5 cm³/mol. The lowest BCUT2D eigenvalue weighted by Gasteiger charge is -2.04. The molecule has 0 atom stereocenters. The van der Waals surface area contributed by atoms with Crippen LogP contribution in [-0.2, 0) is 19.2 Å². The fourth-order valence-electron chi connectivity index (χ4n) is 1.03. The van der Waals surface area contributed by atoms with Gasteiger partial charge in [0.15, 0.2) is 0 Å². The van der Waals surface area contributed by atoms with E-state index in [1.54, 1.807) is 6.92 Å². The summed E-state index contributed by atoms with van der Waals surface area (Å²) in [6, 6.07) is 0. The molecule has 0 saturated heterocycles. The number of ketones is 1. The van der Waals surface area contributed by atoms with Crippen molar-refractivity contribution in [3.8, 4) is 0 Å². The van der Waals surface area contributed by atoms with Crippen LogP contribution in [0.5, 0.6) is 0 Å². The molecular weight excluding hydrogens is 274 g/mol. The molecular formula is C11H17NO4S2. The second kappa shape index (κ2) is 10.0. The van der Waals surface area contributed by atoms with Crippen molar-refractivity contribution in [1.29, 1.82) is 0 Å². The molecule has 0 aromatic rings. The minimum atomic E-state index is -0.520. The molecule has 0 rings (SSSR count). The molecule has 0 aliphatic heterocycles. The monoisotopic (exact) mass is 291 g/mol. The summed E-state index contributed by atoms with van der Waals surface area (Å²) in [5, 5.41) is 3.54. The number of carbonyl (C=O) groups excluding carboxylic acids is 2. The quantitative estimate of drug-likeness (QED) is 0.233. The molecule has 0 bridgehead atoms. The Bertz CT molecular complexity index is 347. The Kier molecular flexibility index (Phi) is 9.49. The van der Waals surface area contributed by atoms with Gasteiger partial charge < -0.3 is 9.57 Å². The maximum absolute atomic E-state index is 11.8. The number of thiol groups is 2. The van der Waals surface area contributed by atoms with Crippen LogP contribution in [0.1, 0.15) is 13.3 Å². The number of oxime groups is 1. The van der Waals surface area contributed by atoms with Crippen LogP contribution in [0.2, 0.25) is 0 Å². The van der Waals surface area contributed by atoms with Gasteiger partial charge in [-0.1, -0.05) is 5.16 Å². The number of hydrogen-bond acceptors (Lipinski definition) is 7. The fraction of sp³-hybridized carbons (Fsp3) is 0.545. The standard InChI is InChI=1S/C11H17NO4S2/c1-3-16-11(14)5-9(12-15-2)10(13)4-8(6-17)7-18/h4,17-18H,3,5-7H2,1-2H3. The molecule has 18 heavy (non-hydrogen) atoms. The molecule has 0 fully saturated rings. The Labute approximate surface area is 117 Å². The normalized spacial score (nSPS) is 10.8. The van der Waals surface area contributed by atoms with Gasteiger partial charge in [-0.3, -0.25) is 9.59 Å². The van der Waals surface area contributed by atoms with Gasteiger partial charge in [-0.05, 0) is 18.6 Å². The number of allylic oxidation sites excluding steroid dienone is 1. The molecule has 0 aliphatic rings. The number of nitrogens with zero attached hydrogens (tertiary/aromatic N) is 1. The van der Waals surface area contributed by atoms with E-state index in [4.69, 9.17) is 4.74 Å². The first kappa shape index (κ1) is 17.1. The highest BCUT2D eigenvalue weighted by molar-refractivity contribution is 7.81. The highest BCUT2D eigenvalue weighted by atomic mass is 32.1. The van der Waals surface area contributed by atoms with Crippen LogP contribution < -0.4 is 0 Å². The molecule has 102 valence electrons. The van der Waals surface area contributed by atoms with Crippen molar-refractivity contribution < 1.29 is 19.2 Å². The molecule has 0 aromatic heterocycles. The van der Waals surface area contributed by atoms with E-state index >= 15 is 0 Å². The number of rotatable bonds is 8. The van der Waals surface area contributed by atoms with Gasteiger partial charge in [0.2, 0.25) is 5.78 Å². The van der Waals surface area contributed by atoms with E-state index in [-0.39, 0.29) is 18.7 Å². The van der Waals surface area contributed by atoms with E-state index in [1.165, 1.54) is 13.2 Å². The third-order valence-corrected chi connectivity index (χ3v) is 2.66. The van der Waals surface area contributed by atoms with Crippen LogP contribution in [-0.4, -0.2) is 42.7 Å². The Morgan fingerprint density at radius 3 is 2.33 bits per heavy atom. The summed E-state index contributed by atoms with van der Waals surface area (Å²) < 4.78 is 4.75. The van der Waals surface area contributed by atoms with Crippen molar-refractivity contribution in [3.05, 3.63) is 11.6 Å². The van der Waals surface area contributed by atoms with E-state index in [2.05, 4.69) is 35.3 Å². The predicted octanol–water partition coefficient (Wildman–Crippen LogP) is 1.30. The van der Waals surface area contributed by atoms with Crippen LogP contribution in [0.25, 0.3) is 0 Å². The molecule has 0 radical (unpaired) electrons. The topological polar surface area (TPSA) is 65.0 Å². The highest BCUT2D eigenvalue weighted by Crippen LogP contribution is 2.03. The van der Waals surface area contributed by atoms with Crippen molar-refractivity contribution in [2.75, 3.05) is 25.2 Å². The smallest absolute Gasteiger partial charge is 0.312 e. The van der Waals surface area contributed by atoms with Crippen molar-refractivity contribution in [2.24, 2.45) is 5.16 Å². The van der Waals surface area contributed by atoms with E-state index in [0.29, 0.717) is 11.5 Å². The van der Waals surface area contributed by atoms with E-state index in [9.17, 15) is 9.59 Å². The van der Waals surface area contributed by atoms with Gasteiger partial charge in [-0.25, -0.2) is 0 Å². The second-order valence-electron chi connectivity index (χ2n) is 3.19. The molecule has 0 saturated carbocycles. The minimum Gasteiger partial charge on any atom is -0.466 e. The number of carbonyl (C=O) groups is 2. The lowest BCUT2D eigenvalue weighted by molar-refractivity contribution is -0.141. The molecule has 0 aliphatic carbocycles. The van der Waals surface area contributed by atoms with E-state index in [0.717, 1.165) is 5.57 Å². The lowest BCUT2D eigenvalue weighted by atomic mass is 10.1. The average molecular weight is 291 g/mol. The maximum Gasteiger partial charge on any atom is 0.312 e. The Morgan fingerprint density at radius 2 is 1.89 bits per heavy atom. The van der Waals surface area contributed by atoms with Crippen LogP contribution in [0.4, 0.5) is 0 Å². The van der Waals surface area contributed by atoms with Gasteiger partial charge in [-0.2, -0.15) is 25.3 Å². The molecule has 7 heteroatoms. The Hall–Kier alpha value is -0.950. The van der Waals surface area contributed by atoms with Crippen LogP contribution in [0.15, 0.2) is 16.8 Å². The zero-order chi connectivity index (χ0) is 14.0. The second-order valence-corrected chi connectivity index (χ2v) is 3.82. The zero-order valence-corrected chi connectivity index (χ0v) is 12.2. The zero-order valence-electron chi connectivity index (χ0n) is 10.4. The van der Waals surface area contributed by atoms with E-state index < -0.39 is 11.8 Å². The third-order valence-electron chi connectivity index (χ3n) is 1.84. The molecule has 0 heterocycles. The van der Waals surface area contributed by atoms with Gasteiger partial charge in [0, 0.05) is 11.5 Å². The van der Waals surface area contributed by atoms with Crippen molar-refractivity contribution in [2.45, 2.75) is 13.3 Å². The summed E-state index contributed by atoms with van der Waals surface area (Å²) >= 11 is 8.12. The lowest BCUT2D eigenvalue weighted by Crippen LogP contribution is -2.19. The molecule has 0 amide bonds. The minimum absolute atomic E-state index is 0.00276. The van der Waals surface area contributed by atoms with Crippen LogP contribution >= 0.6 is 25.3 Å².